The van der Waals surface area contributed by atoms with Crippen molar-refractivity contribution in [2.45, 2.75) is 0 Å². The zero-order chi connectivity index (χ0) is 76.3. The van der Waals surface area contributed by atoms with Gasteiger partial charge in [-0.2, -0.15) is 0 Å². The molecule has 0 radical (unpaired) electrons. The van der Waals surface area contributed by atoms with E-state index in [9.17, 15) is 0 Å². The maximum Gasteiger partial charge on any atom is 1.00 e. The largest absolute Gasteiger partial charge is 1.00 e. The van der Waals surface area contributed by atoms with Crippen LogP contribution in [0.2, 0.25) is 0 Å². The van der Waals surface area contributed by atoms with E-state index in [1.165, 1.54) is 118 Å². The Morgan fingerprint density at radius 3 is 0.457 bits per heavy atom. The van der Waals surface area contributed by atoms with Crippen LogP contribution in [-0.4, -0.2) is 28.0 Å². The van der Waals surface area contributed by atoms with Gasteiger partial charge in [0.2, 0.25) is 0 Å². The summed E-state index contributed by atoms with van der Waals surface area (Å²) in [5.41, 5.74) is 8.03. The van der Waals surface area contributed by atoms with Gasteiger partial charge < -0.3 is 25.7 Å². The Morgan fingerprint density at radius 2 is 0.319 bits per heavy atom. The van der Waals surface area contributed by atoms with Crippen molar-refractivity contribution in [3.05, 3.63) is 485 Å². The van der Waals surface area contributed by atoms with Crippen molar-refractivity contribution in [3.8, 4) is 45.9 Å². The molecule has 16 aromatic carbocycles. The summed E-state index contributed by atoms with van der Waals surface area (Å²) in [5.74, 6) is 12.8. The zero-order valence-corrected chi connectivity index (χ0v) is 77.9. The molecular formula is C106H80Au4P4Si2+4. The first-order valence-electron chi connectivity index (χ1n) is 37.8. The number of benzene rings is 16. The minimum atomic E-state index is -2.57. The fourth-order valence-corrected chi connectivity index (χ4v) is 42.2. The minimum Gasteiger partial charge on any atom is -0.366 e. The van der Waals surface area contributed by atoms with Crippen molar-refractivity contribution >= 4 is 132 Å². The predicted molar refractivity (Wildman–Crippen MR) is 495 cm³/mol. The Hall–Kier alpha value is -9.13. The molecule has 0 N–H and O–H groups in total. The van der Waals surface area contributed by atoms with Crippen molar-refractivity contribution in [1.82, 2.24) is 0 Å². The SMILES string of the molecule is [Au+].[Au+].[Au+].[Au+].[C-]#Cc1ccc2c(c1)[Si](c1ccccc1)(c1ccccc1)c1cc(C#[C-])ccc1-2.[C-]#Cc1ccc2c(c1)[Si](c1ccccc1)(c1ccccc1)c1cc(C#[C-])ccc1-2.c1ccc([PH+](C[PH+](c2ccccc2)c2ccccc2)c2ccccc2)cc1.c1ccc([PH+](C[PH+](c2ccccc2)c2ccccc2)c2ccccc2)cc1. The molecule has 0 saturated heterocycles. The van der Waals surface area contributed by atoms with E-state index in [4.69, 9.17) is 25.7 Å². The van der Waals surface area contributed by atoms with Crippen molar-refractivity contribution in [2.75, 3.05) is 11.8 Å². The summed E-state index contributed by atoms with van der Waals surface area (Å²) in [7, 11) is -8.53. The first-order chi connectivity index (χ1) is 55.4. The van der Waals surface area contributed by atoms with Crippen LogP contribution in [0.15, 0.2) is 437 Å². The summed E-state index contributed by atoms with van der Waals surface area (Å²) in [4.78, 5) is 0. The molecule has 0 aliphatic carbocycles. The molecule has 18 rings (SSSR count). The Kier molecular flexibility index (Phi) is 32.4. The smallest absolute Gasteiger partial charge is 0.366 e. The molecule has 2 aliphatic heterocycles. The number of fused-ring (bicyclic) bond motifs is 6. The van der Waals surface area contributed by atoms with Gasteiger partial charge in [-0.25, -0.2) is 0 Å². The third kappa shape index (κ3) is 19.2. The summed E-state index contributed by atoms with van der Waals surface area (Å²) in [6, 6.07) is 157. The molecule has 0 atom stereocenters. The van der Waals surface area contributed by atoms with E-state index in [2.05, 4.69) is 436 Å². The summed E-state index contributed by atoms with van der Waals surface area (Å²) < 4.78 is 0. The predicted octanol–water partition coefficient (Wildman–Crippen LogP) is 15.2. The normalized spacial score (nSPS) is 11.7. The van der Waals surface area contributed by atoms with E-state index >= 15 is 0 Å². The molecule has 10 heteroatoms. The Bertz CT molecular complexity index is 5100. The van der Waals surface area contributed by atoms with E-state index < -0.39 is 47.8 Å². The van der Waals surface area contributed by atoms with Gasteiger partial charge in [0, 0.05) is 0 Å². The van der Waals surface area contributed by atoms with Gasteiger partial charge in [-0.15, -0.1) is 70.8 Å². The quantitative estimate of drug-likeness (QED) is 0.0391. The second-order valence-electron chi connectivity index (χ2n) is 27.7. The topological polar surface area (TPSA) is 0 Å². The molecule has 0 saturated carbocycles. The van der Waals surface area contributed by atoms with Crippen LogP contribution in [0.4, 0.5) is 0 Å². The van der Waals surface area contributed by atoms with E-state index in [1.807, 2.05) is 24.3 Å². The van der Waals surface area contributed by atoms with E-state index in [0.29, 0.717) is 0 Å². The third-order valence-electron chi connectivity index (χ3n) is 21.4. The summed E-state index contributed by atoms with van der Waals surface area (Å²) in [5, 5.41) is 22.4. The monoisotopic (exact) mass is 2320 g/mol. The van der Waals surface area contributed by atoms with Crippen LogP contribution in [0.25, 0.3) is 22.3 Å². The summed E-state index contributed by atoms with van der Waals surface area (Å²) >= 11 is 0. The van der Waals surface area contributed by atoms with Crippen LogP contribution < -0.4 is 83.9 Å². The van der Waals surface area contributed by atoms with E-state index in [-0.39, 0.29) is 89.5 Å². The van der Waals surface area contributed by atoms with Crippen molar-refractivity contribution < 1.29 is 89.5 Å². The molecule has 0 fully saturated rings. The fourth-order valence-electron chi connectivity index (χ4n) is 16.2. The molecule has 2 aliphatic rings. The van der Waals surface area contributed by atoms with Crippen molar-refractivity contribution in [1.29, 1.82) is 0 Å². The second-order valence-corrected chi connectivity index (χ2v) is 46.4. The zero-order valence-electron chi connectivity index (χ0n) is 63.2. The van der Waals surface area contributed by atoms with Gasteiger partial charge in [-0.05, 0) is 140 Å². The molecular weight excluding hydrogens is 2240 g/mol. The van der Waals surface area contributed by atoms with Crippen LogP contribution in [0, 0.1) is 49.4 Å². The van der Waals surface area contributed by atoms with Gasteiger partial charge in [0.1, 0.15) is 74.1 Å². The van der Waals surface area contributed by atoms with Crippen LogP contribution >= 0.6 is 31.7 Å². The minimum absolute atomic E-state index is 0. The molecule has 0 spiro atoms. The van der Waals surface area contributed by atoms with Gasteiger partial charge in [-0.1, -0.05) is 312 Å². The van der Waals surface area contributed by atoms with Crippen molar-refractivity contribution in [2.24, 2.45) is 0 Å². The van der Waals surface area contributed by atoms with Gasteiger partial charge in [0.05, 0.1) is 0 Å². The molecule has 0 aromatic heterocycles. The van der Waals surface area contributed by atoms with Crippen LogP contribution in [0.3, 0.4) is 0 Å². The van der Waals surface area contributed by atoms with E-state index in [0.717, 1.165) is 22.3 Å². The Balaban J connectivity index is 0.000000150. The van der Waals surface area contributed by atoms with Crippen LogP contribution in [0.1, 0.15) is 22.3 Å². The van der Waals surface area contributed by atoms with Gasteiger partial charge in [0.15, 0.2) is 28.0 Å². The first kappa shape index (κ1) is 87.7. The molecule has 2 heterocycles. The van der Waals surface area contributed by atoms with Crippen molar-refractivity contribution in [3.63, 3.8) is 0 Å². The average molecular weight is 2320 g/mol. The standard InChI is InChI=1S/2C28H16Si.2C25H22P2.4Au/c2*1-3-21-15-17-25-26-18-16-22(4-2)20-28(26)29(27(25)19-21,23-11-7-5-8-12-23)24-13-9-6-10-14-24;2*1-5-13-22(14-6-1)26(23-15-7-2-8-16-23)21-27(24-17-9-3-10-18-24)25-19-11-4-12-20-25;;;;/h2*5-20H;2*1-20H,21H2;;;;/q2*-2;;;4*+1/p+4. The molecule has 0 unspecified atom stereocenters. The van der Waals surface area contributed by atoms with Gasteiger partial charge in [-0.3, -0.25) is 23.7 Å². The maximum atomic E-state index is 7.70. The fraction of sp³-hybridized carbons (Fsp3) is 0.0189. The molecule has 116 heavy (non-hydrogen) atoms. The van der Waals surface area contributed by atoms with Gasteiger partial charge >= 0.3 is 89.5 Å². The van der Waals surface area contributed by atoms with E-state index in [1.54, 1.807) is 0 Å². The van der Waals surface area contributed by atoms with Crippen LogP contribution in [0.5, 0.6) is 0 Å². The van der Waals surface area contributed by atoms with Crippen LogP contribution in [-0.2, 0) is 89.5 Å². The number of rotatable bonds is 16. The summed E-state index contributed by atoms with van der Waals surface area (Å²) in [6.45, 7) is 0. The molecule has 16 aromatic rings. The molecule has 0 bridgehead atoms. The van der Waals surface area contributed by atoms with Gasteiger partial charge in [0.25, 0.3) is 0 Å². The maximum absolute atomic E-state index is 7.70. The second kappa shape index (κ2) is 42.8. The molecule has 0 nitrogen and oxygen atoms in total. The molecule has 0 amide bonds. The number of hydrogen-bond acceptors (Lipinski definition) is 0. The Labute approximate surface area is 755 Å². The average Bonchev–Trinajstić information content (AvgIpc) is 1.54. The third-order valence-corrected chi connectivity index (χ3v) is 44.9. The molecule has 572 valence electrons. The first-order valence-corrected chi connectivity index (χ1v) is 48.6. The number of hydrogen-bond donors (Lipinski definition) is 0. The Morgan fingerprint density at radius 1 is 0.181 bits per heavy atom. The summed E-state index contributed by atoms with van der Waals surface area (Å²) in [6.07, 6.45) is 30.8.